The Bertz CT molecular complexity index is 1000. The quantitative estimate of drug-likeness (QED) is 0.607. The number of halogens is 3. The molecule has 1 amide bonds. The highest BCUT2D eigenvalue weighted by Crippen LogP contribution is 2.44. The van der Waals surface area contributed by atoms with Crippen molar-refractivity contribution in [1.29, 1.82) is 0 Å². The maximum Gasteiger partial charge on any atom is 0.398 e. The first-order chi connectivity index (χ1) is 13.7. The first-order valence-corrected chi connectivity index (χ1v) is 10.6. The average Bonchev–Trinajstić information content (AvgIpc) is 2.60. The molecule has 0 aromatic heterocycles. The Morgan fingerprint density at radius 1 is 0.967 bits per heavy atom. The number of rotatable bonds is 7. The monoisotopic (exact) mass is 443 g/mol. The van der Waals surface area contributed by atoms with E-state index in [1.807, 2.05) is 0 Å². The second-order valence-electron chi connectivity index (χ2n) is 7.67. The largest absolute Gasteiger partial charge is 0.398 e. The number of hydrogen-bond acceptors (Lipinski definition) is 4. The number of sulfonamides is 1. The van der Waals surface area contributed by atoms with Crippen LogP contribution in [0.15, 0.2) is 53.4 Å². The van der Waals surface area contributed by atoms with Gasteiger partial charge in [-0.2, -0.15) is 13.2 Å². The summed E-state index contributed by atoms with van der Waals surface area (Å²) in [5.74, 6) is -3.78. The lowest BCUT2D eigenvalue weighted by molar-refractivity contribution is -0.172. The minimum absolute atomic E-state index is 0.0805. The van der Waals surface area contributed by atoms with E-state index in [1.54, 1.807) is 13.8 Å². The van der Waals surface area contributed by atoms with E-state index in [-0.39, 0.29) is 22.8 Å². The van der Waals surface area contributed by atoms with E-state index >= 15 is 0 Å². The van der Waals surface area contributed by atoms with Gasteiger partial charge in [0.25, 0.3) is 0 Å². The molecule has 0 heterocycles. The lowest BCUT2D eigenvalue weighted by atomic mass is 9.74. The minimum atomic E-state index is -4.79. The van der Waals surface area contributed by atoms with Gasteiger partial charge < -0.3 is 11.5 Å². The molecular formula is C20H24F3N3O3S. The van der Waals surface area contributed by atoms with Crippen molar-refractivity contribution in [3.63, 3.8) is 0 Å². The number of hydrogen-bond donors (Lipinski definition) is 3. The van der Waals surface area contributed by atoms with Crippen LogP contribution in [0.3, 0.4) is 0 Å². The molecule has 0 saturated carbocycles. The third-order valence-electron chi connectivity index (χ3n) is 4.81. The minimum Gasteiger partial charge on any atom is -0.368 e. The van der Waals surface area contributed by atoms with Gasteiger partial charge in [0.15, 0.2) is 0 Å². The van der Waals surface area contributed by atoms with Crippen LogP contribution < -0.4 is 16.6 Å². The van der Waals surface area contributed by atoms with Gasteiger partial charge in [-0.15, -0.1) is 0 Å². The fourth-order valence-corrected chi connectivity index (χ4v) is 4.04. The van der Waals surface area contributed by atoms with Gasteiger partial charge in [-0.05, 0) is 41.2 Å². The molecule has 0 spiro atoms. The zero-order chi connectivity index (χ0) is 22.9. The van der Waals surface area contributed by atoms with Gasteiger partial charge in [0.1, 0.15) is 11.5 Å². The van der Waals surface area contributed by atoms with Crippen molar-refractivity contribution in [2.24, 2.45) is 22.5 Å². The summed E-state index contributed by atoms with van der Waals surface area (Å²) in [7, 11) is -3.85. The van der Waals surface area contributed by atoms with Crippen molar-refractivity contribution in [3.05, 3.63) is 54.1 Å². The van der Waals surface area contributed by atoms with Gasteiger partial charge in [-0.25, -0.2) is 13.6 Å². The van der Waals surface area contributed by atoms with Crippen LogP contribution in [0.4, 0.5) is 13.2 Å². The molecule has 0 fully saturated rings. The molecular weight excluding hydrogens is 419 g/mol. The van der Waals surface area contributed by atoms with Gasteiger partial charge in [0.2, 0.25) is 15.9 Å². The summed E-state index contributed by atoms with van der Waals surface area (Å²) in [6.07, 6.45) is -5.03. The molecule has 2 aromatic rings. The maximum absolute atomic E-state index is 13.9. The topological polar surface area (TPSA) is 129 Å². The van der Waals surface area contributed by atoms with Crippen molar-refractivity contribution < 1.29 is 26.4 Å². The summed E-state index contributed by atoms with van der Waals surface area (Å²) in [5.41, 5.74) is 9.89. The van der Waals surface area contributed by atoms with Crippen LogP contribution in [-0.2, 0) is 14.8 Å². The fourth-order valence-electron chi connectivity index (χ4n) is 3.52. The lowest BCUT2D eigenvalue weighted by Crippen LogP contribution is -2.60. The third kappa shape index (κ3) is 5.18. The summed E-state index contributed by atoms with van der Waals surface area (Å²) in [6.45, 7) is 3.32. The smallest absolute Gasteiger partial charge is 0.368 e. The average molecular weight is 443 g/mol. The normalized spacial score (nSPS) is 15.6. The lowest BCUT2D eigenvalue weighted by Gasteiger charge is -2.37. The number of carbonyl (C=O) groups is 1. The summed E-state index contributed by atoms with van der Waals surface area (Å²) in [4.78, 5) is 11.9. The summed E-state index contributed by atoms with van der Waals surface area (Å²) in [5, 5.41) is 5.05. The van der Waals surface area contributed by atoms with E-state index in [9.17, 15) is 26.4 Å². The molecule has 10 heteroatoms. The predicted octanol–water partition coefficient (Wildman–Crippen LogP) is 2.88. The molecule has 0 saturated heterocycles. The van der Waals surface area contributed by atoms with Crippen LogP contribution in [0.25, 0.3) is 11.1 Å². The molecule has 0 aliphatic carbocycles. The van der Waals surface area contributed by atoms with Crippen LogP contribution in [0.1, 0.15) is 31.7 Å². The molecule has 6 nitrogen and oxygen atoms in total. The Balaban J connectivity index is 2.47. The van der Waals surface area contributed by atoms with Crippen LogP contribution >= 0.6 is 0 Å². The molecule has 6 N–H and O–H groups in total. The number of nitrogens with two attached hydrogens (primary N) is 3. The molecule has 0 aliphatic heterocycles. The molecule has 2 aromatic carbocycles. The second-order valence-corrected chi connectivity index (χ2v) is 9.23. The Kier molecular flexibility index (Phi) is 6.65. The Morgan fingerprint density at radius 3 is 1.73 bits per heavy atom. The molecule has 0 bridgehead atoms. The van der Waals surface area contributed by atoms with Crippen molar-refractivity contribution in [2.75, 3.05) is 0 Å². The van der Waals surface area contributed by atoms with Crippen molar-refractivity contribution in [3.8, 4) is 11.1 Å². The number of primary amides is 1. The van der Waals surface area contributed by atoms with E-state index in [0.717, 1.165) is 0 Å². The molecule has 2 rings (SSSR count). The second kappa shape index (κ2) is 8.37. The molecule has 2 atom stereocenters. The van der Waals surface area contributed by atoms with Gasteiger partial charge in [-0.3, -0.25) is 4.79 Å². The van der Waals surface area contributed by atoms with Crippen LogP contribution in [-0.4, -0.2) is 26.0 Å². The standard InChI is InChI=1S/C20H24F3N3O3S/c1-12(2)11-19(25,18(24)27)17(20(21,22)23)15-5-3-13(4-6-15)14-7-9-16(10-8-14)30(26,28)29/h3-10,12,17H,11,25H2,1-2H3,(H2,24,27)(H2,26,28,29)/t17-,19+/m0/s1. The summed E-state index contributed by atoms with van der Waals surface area (Å²) >= 11 is 0. The number of benzene rings is 2. The number of primary sulfonamides is 1. The zero-order valence-electron chi connectivity index (χ0n) is 16.5. The van der Waals surface area contributed by atoms with E-state index in [0.29, 0.717) is 11.1 Å². The molecule has 0 unspecified atom stereocenters. The van der Waals surface area contributed by atoms with Crippen LogP contribution in [0.2, 0.25) is 0 Å². The highest BCUT2D eigenvalue weighted by Gasteiger charge is 2.55. The van der Waals surface area contributed by atoms with Gasteiger partial charge in [0.05, 0.1) is 4.90 Å². The van der Waals surface area contributed by atoms with E-state index in [1.165, 1.54) is 48.5 Å². The van der Waals surface area contributed by atoms with Crippen molar-refractivity contribution >= 4 is 15.9 Å². The van der Waals surface area contributed by atoms with E-state index < -0.39 is 33.6 Å². The fraction of sp³-hybridized carbons (Fsp3) is 0.350. The number of carbonyl (C=O) groups excluding carboxylic acids is 1. The summed E-state index contributed by atoms with van der Waals surface area (Å²) < 4.78 is 64.5. The number of alkyl halides is 3. The molecule has 0 aliphatic rings. The van der Waals surface area contributed by atoms with Gasteiger partial charge in [-0.1, -0.05) is 50.2 Å². The Hall–Kier alpha value is -2.43. The maximum atomic E-state index is 13.9. The van der Waals surface area contributed by atoms with Crippen molar-refractivity contribution in [2.45, 2.75) is 42.8 Å². The number of amides is 1. The predicted molar refractivity (Wildman–Crippen MR) is 108 cm³/mol. The van der Waals surface area contributed by atoms with Gasteiger partial charge in [0, 0.05) is 0 Å². The summed E-state index contributed by atoms with van der Waals surface area (Å²) in [6, 6.07) is 11.0. The van der Waals surface area contributed by atoms with E-state index in [2.05, 4.69) is 0 Å². The van der Waals surface area contributed by atoms with Crippen LogP contribution in [0.5, 0.6) is 0 Å². The molecule has 164 valence electrons. The zero-order valence-corrected chi connectivity index (χ0v) is 17.3. The Labute approximate surface area is 173 Å². The Morgan fingerprint density at radius 2 is 1.40 bits per heavy atom. The van der Waals surface area contributed by atoms with E-state index in [4.69, 9.17) is 16.6 Å². The molecule has 30 heavy (non-hydrogen) atoms. The first kappa shape index (κ1) is 23.8. The van der Waals surface area contributed by atoms with Crippen molar-refractivity contribution in [1.82, 2.24) is 0 Å². The SMILES string of the molecule is CC(C)C[C@](N)(C(N)=O)[C@H](c1ccc(-c2ccc(S(N)(=O)=O)cc2)cc1)C(F)(F)F. The highest BCUT2D eigenvalue weighted by atomic mass is 32.2. The van der Waals surface area contributed by atoms with Gasteiger partial charge >= 0.3 is 6.18 Å². The molecule has 0 radical (unpaired) electrons. The third-order valence-corrected chi connectivity index (χ3v) is 5.74. The van der Waals surface area contributed by atoms with Crippen LogP contribution in [0, 0.1) is 5.92 Å². The first-order valence-electron chi connectivity index (χ1n) is 9.05. The highest BCUT2D eigenvalue weighted by molar-refractivity contribution is 7.89.